The van der Waals surface area contributed by atoms with E-state index in [0.29, 0.717) is 17.3 Å². The molecule has 2 saturated heterocycles. The number of piperidine rings is 2. The lowest BCUT2D eigenvalue weighted by molar-refractivity contribution is -0.0526. The summed E-state index contributed by atoms with van der Waals surface area (Å²) in [5, 5.41) is 9.52. The molecule has 2 nitrogen and oxygen atoms in total. The van der Waals surface area contributed by atoms with E-state index in [-0.39, 0.29) is 5.16 Å². The van der Waals surface area contributed by atoms with Crippen molar-refractivity contribution in [2.24, 2.45) is 35.5 Å². The zero-order valence-electron chi connectivity index (χ0n) is 23.3. The summed E-state index contributed by atoms with van der Waals surface area (Å²) in [5.74, 6) is 5.19. The monoisotopic (exact) mass is 542 g/mol. The van der Waals surface area contributed by atoms with E-state index in [9.17, 15) is 0 Å². The lowest BCUT2D eigenvalue weighted by Crippen LogP contribution is -2.57. The van der Waals surface area contributed by atoms with Crippen molar-refractivity contribution in [2.75, 3.05) is 32.3 Å². The first kappa shape index (κ1) is 26.4. The van der Waals surface area contributed by atoms with Gasteiger partial charge in [0.25, 0.3) is 0 Å². The maximum Gasteiger partial charge on any atom is 0.0776 e. The average molecular weight is 543 g/mol. The minimum absolute atomic E-state index is 0.167. The molecule has 7 rings (SSSR count). The Bertz CT molecular complexity index is 914. The summed E-state index contributed by atoms with van der Waals surface area (Å²) in [6.07, 6.45) is 14.2. The number of benzene rings is 1. The number of rotatable bonds is 6. The van der Waals surface area contributed by atoms with Crippen molar-refractivity contribution in [3.05, 3.63) is 29.3 Å². The molecular weight excluding hydrogens is 490 g/mol. The van der Waals surface area contributed by atoms with Crippen LogP contribution in [0.15, 0.2) is 18.2 Å². The molecule has 2 aliphatic heterocycles. The van der Waals surface area contributed by atoms with Crippen LogP contribution in [0.25, 0.3) is 0 Å². The molecule has 0 amide bonds. The van der Waals surface area contributed by atoms with Gasteiger partial charge in [-0.05, 0) is 142 Å². The minimum atomic E-state index is -1.42. The van der Waals surface area contributed by atoms with E-state index in [4.69, 9.17) is 0 Å². The van der Waals surface area contributed by atoms with E-state index in [1.807, 2.05) is 5.56 Å². The highest BCUT2D eigenvalue weighted by Gasteiger charge is 2.59. The first-order valence-corrected chi connectivity index (χ1v) is 20.2. The molecule has 7 atom stereocenters. The van der Waals surface area contributed by atoms with E-state index in [2.05, 4.69) is 67.0 Å². The van der Waals surface area contributed by atoms with Crippen LogP contribution in [-0.2, 0) is 10.6 Å². The number of hydrogen-bond acceptors (Lipinski definition) is 2. The molecule has 1 aromatic carbocycles. The van der Waals surface area contributed by atoms with Crippen LogP contribution in [0.3, 0.4) is 0 Å². The van der Waals surface area contributed by atoms with Crippen LogP contribution in [0.2, 0.25) is 19.6 Å². The van der Waals surface area contributed by atoms with Gasteiger partial charge in [0.05, 0.1) is 8.07 Å². The molecule has 2 heterocycles. The lowest BCUT2D eigenvalue weighted by Gasteiger charge is -2.63. The van der Waals surface area contributed by atoms with Crippen LogP contribution in [0.5, 0.6) is 0 Å². The fourth-order valence-corrected chi connectivity index (χ4v) is 12.9. The Morgan fingerprint density at radius 1 is 0.944 bits per heavy atom. The average Bonchev–Trinajstić information content (AvgIpc) is 2.88. The molecule has 6 aliphatic rings. The Morgan fingerprint density at radius 3 is 2.06 bits per heavy atom. The first-order valence-electron chi connectivity index (χ1n) is 15.3. The van der Waals surface area contributed by atoms with Crippen molar-refractivity contribution < 1.29 is 0 Å². The Kier molecular flexibility index (Phi) is 7.34. The van der Waals surface area contributed by atoms with Crippen LogP contribution in [-0.4, -0.2) is 40.4 Å². The van der Waals surface area contributed by atoms with Crippen molar-refractivity contribution in [1.29, 1.82) is 0 Å². The second-order valence-corrected chi connectivity index (χ2v) is 21.1. The number of nitrogens with one attached hydrogen (secondary N) is 2. The zero-order valence-corrected chi connectivity index (χ0v) is 26.6. The van der Waals surface area contributed by atoms with Gasteiger partial charge in [0.15, 0.2) is 0 Å². The van der Waals surface area contributed by atoms with Gasteiger partial charge in [-0.25, -0.2) is 0 Å². The van der Waals surface area contributed by atoms with Gasteiger partial charge in [-0.1, -0.05) is 43.0 Å². The third kappa shape index (κ3) is 4.34. The summed E-state index contributed by atoms with van der Waals surface area (Å²) in [6, 6.07) is 8.12. The Morgan fingerprint density at radius 2 is 1.56 bits per heavy atom. The molecule has 4 saturated carbocycles. The topological polar surface area (TPSA) is 24.1 Å². The van der Waals surface area contributed by atoms with E-state index in [0.717, 1.165) is 23.7 Å². The third-order valence-corrected chi connectivity index (χ3v) is 15.4. The predicted octanol–water partition coefficient (Wildman–Crippen LogP) is 5.87. The van der Waals surface area contributed by atoms with Crippen molar-refractivity contribution in [2.45, 2.75) is 88.0 Å². The van der Waals surface area contributed by atoms with Crippen molar-refractivity contribution >= 4 is 31.7 Å². The SMILES string of the molecule is C[Si](C)(C)c1ccc(C23CC4CC(CC(C4)C2CP)C3)c(C(P)(C2CCCNC2)C2CCCNC2)c1. The second kappa shape index (κ2) is 10.00. The van der Waals surface area contributed by atoms with Crippen molar-refractivity contribution in [1.82, 2.24) is 10.6 Å². The van der Waals surface area contributed by atoms with E-state index < -0.39 is 8.07 Å². The molecule has 4 bridgehead atoms. The quantitative estimate of drug-likeness (QED) is 0.347. The van der Waals surface area contributed by atoms with Gasteiger partial charge in [-0.2, -0.15) is 0 Å². The molecule has 5 heteroatoms. The Hall–Kier alpha value is 0.217. The summed E-state index contributed by atoms with van der Waals surface area (Å²) in [6.45, 7) is 12.4. The zero-order chi connectivity index (χ0) is 25.1. The van der Waals surface area contributed by atoms with Crippen LogP contribution < -0.4 is 15.8 Å². The highest BCUT2D eigenvalue weighted by Crippen LogP contribution is 2.65. The first-order chi connectivity index (χ1) is 17.3. The molecular formula is C31H52N2P2Si. The Labute approximate surface area is 227 Å². The highest BCUT2D eigenvalue weighted by molar-refractivity contribution is 7.18. The van der Waals surface area contributed by atoms with Gasteiger partial charge in [-0.3, -0.25) is 0 Å². The van der Waals surface area contributed by atoms with Gasteiger partial charge in [0, 0.05) is 5.16 Å². The molecule has 4 aliphatic carbocycles. The maximum absolute atomic E-state index is 3.84. The molecule has 6 fully saturated rings. The van der Waals surface area contributed by atoms with Gasteiger partial charge in [0.2, 0.25) is 0 Å². The fraction of sp³-hybridized carbons (Fsp3) is 0.806. The molecule has 1 aromatic rings. The van der Waals surface area contributed by atoms with Crippen molar-refractivity contribution in [3.8, 4) is 0 Å². The molecule has 2 N–H and O–H groups in total. The highest BCUT2D eigenvalue weighted by atomic mass is 31.0. The molecule has 0 aromatic heterocycles. The van der Waals surface area contributed by atoms with Crippen molar-refractivity contribution in [3.63, 3.8) is 0 Å². The van der Waals surface area contributed by atoms with E-state index in [1.165, 1.54) is 90.1 Å². The summed E-state index contributed by atoms with van der Waals surface area (Å²) < 4.78 is 0. The summed E-state index contributed by atoms with van der Waals surface area (Å²) in [4.78, 5) is 0. The minimum Gasteiger partial charge on any atom is -0.316 e. The van der Waals surface area contributed by atoms with E-state index in [1.54, 1.807) is 10.8 Å². The third-order valence-electron chi connectivity index (χ3n) is 11.6. The van der Waals surface area contributed by atoms with Crippen LogP contribution in [0.4, 0.5) is 0 Å². The van der Waals surface area contributed by atoms with Gasteiger partial charge in [-0.15, -0.1) is 18.5 Å². The van der Waals surface area contributed by atoms with E-state index >= 15 is 0 Å². The smallest absolute Gasteiger partial charge is 0.0776 e. The molecule has 200 valence electrons. The molecule has 7 unspecified atom stereocenters. The molecule has 0 spiro atoms. The number of hydrogen-bond donors (Lipinski definition) is 2. The normalized spacial score (nSPS) is 40.2. The predicted molar refractivity (Wildman–Crippen MR) is 165 cm³/mol. The lowest BCUT2D eigenvalue weighted by atomic mass is 9.43. The van der Waals surface area contributed by atoms with Gasteiger partial charge < -0.3 is 10.6 Å². The molecule has 0 radical (unpaired) electrons. The summed E-state index contributed by atoms with van der Waals surface area (Å²) in [7, 11) is 5.42. The fourth-order valence-electron chi connectivity index (χ4n) is 10.1. The largest absolute Gasteiger partial charge is 0.316 e. The van der Waals surface area contributed by atoms with Crippen LogP contribution in [0, 0.1) is 35.5 Å². The molecule has 36 heavy (non-hydrogen) atoms. The maximum atomic E-state index is 3.84. The standard InChI is InChI=1S/C31H52N2P2Si/c1-36(2,3)26-8-9-27(30-16-21-12-22(17-30)14-23(13-21)29(30)20-34)28(15-26)31(35,24-6-4-10-32-18-24)25-7-5-11-33-19-25/h8-9,15,21-25,29,32-33H,4-7,10-14,16-20,34-35H2,1-3H3. The second-order valence-electron chi connectivity index (χ2n) is 14.6. The van der Waals surface area contributed by atoms with Crippen LogP contribution >= 0.6 is 18.5 Å². The Balaban J connectivity index is 1.55. The summed E-state index contributed by atoms with van der Waals surface area (Å²) in [5.41, 5.74) is 4.00. The van der Waals surface area contributed by atoms with Gasteiger partial charge >= 0.3 is 0 Å². The van der Waals surface area contributed by atoms with Gasteiger partial charge in [0.1, 0.15) is 0 Å². The summed E-state index contributed by atoms with van der Waals surface area (Å²) >= 11 is 0. The van der Waals surface area contributed by atoms with Crippen LogP contribution in [0.1, 0.15) is 68.9 Å².